The Labute approximate surface area is 96.2 Å². The fraction of sp³-hybridized carbons (Fsp3) is 0.111. The highest BCUT2D eigenvalue weighted by atomic mass is 16.6. The van der Waals surface area contributed by atoms with Crippen LogP contribution < -0.4 is 11.3 Å². The fourth-order valence-corrected chi connectivity index (χ4v) is 1.35. The Morgan fingerprint density at radius 1 is 1.53 bits per heavy atom. The van der Waals surface area contributed by atoms with Crippen molar-refractivity contribution in [3.8, 4) is 0 Å². The lowest BCUT2D eigenvalue weighted by Crippen LogP contribution is -2.10. The van der Waals surface area contributed by atoms with E-state index in [1.54, 1.807) is 18.2 Å². The Morgan fingerprint density at radius 3 is 3.00 bits per heavy atom. The maximum atomic E-state index is 10.5. The molecule has 0 radical (unpaired) electrons. The minimum Gasteiger partial charge on any atom is -0.308 e. The van der Waals surface area contributed by atoms with Crippen molar-refractivity contribution in [2.75, 3.05) is 5.43 Å². The summed E-state index contributed by atoms with van der Waals surface area (Å²) < 4.78 is 1.45. The van der Waals surface area contributed by atoms with Crippen molar-refractivity contribution < 1.29 is 4.92 Å². The summed E-state index contributed by atoms with van der Waals surface area (Å²) in [5.41, 5.74) is 3.09. The first-order valence-electron chi connectivity index (χ1n) is 4.78. The molecule has 0 saturated heterocycles. The molecule has 2 aromatic heterocycles. The second-order valence-electron chi connectivity index (χ2n) is 3.31. The molecule has 2 heterocycles. The van der Waals surface area contributed by atoms with Crippen LogP contribution in [-0.2, 0) is 6.54 Å². The number of nitro groups is 1. The summed E-state index contributed by atoms with van der Waals surface area (Å²) in [6.07, 6.45) is 2.55. The van der Waals surface area contributed by atoms with Crippen LogP contribution in [0.4, 0.5) is 11.5 Å². The molecule has 0 spiro atoms. The molecule has 0 saturated carbocycles. The maximum Gasteiger partial charge on any atom is 0.307 e. The highest BCUT2D eigenvalue weighted by Crippen LogP contribution is 2.10. The first-order valence-corrected chi connectivity index (χ1v) is 4.78. The van der Waals surface area contributed by atoms with Gasteiger partial charge in [0.2, 0.25) is 0 Å². The average molecular weight is 234 g/mol. The summed E-state index contributed by atoms with van der Waals surface area (Å²) in [6, 6.07) is 5.29. The number of hydrogen-bond donors (Lipinski definition) is 2. The number of aromatic nitrogens is 3. The zero-order valence-corrected chi connectivity index (χ0v) is 8.78. The van der Waals surface area contributed by atoms with E-state index in [-0.39, 0.29) is 5.69 Å². The van der Waals surface area contributed by atoms with Gasteiger partial charge >= 0.3 is 5.69 Å². The van der Waals surface area contributed by atoms with Crippen molar-refractivity contribution in [1.29, 1.82) is 0 Å². The van der Waals surface area contributed by atoms with Gasteiger partial charge < -0.3 is 5.43 Å². The minimum absolute atomic E-state index is 0.0434. The van der Waals surface area contributed by atoms with Gasteiger partial charge in [-0.1, -0.05) is 6.07 Å². The van der Waals surface area contributed by atoms with Gasteiger partial charge in [0.1, 0.15) is 18.2 Å². The number of pyridine rings is 1. The Balaban J connectivity index is 2.16. The molecule has 2 rings (SSSR count). The van der Waals surface area contributed by atoms with E-state index in [1.807, 2.05) is 0 Å². The van der Waals surface area contributed by atoms with Crippen molar-refractivity contribution in [2.45, 2.75) is 6.54 Å². The third-order valence-corrected chi connectivity index (χ3v) is 2.11. The van der Waals surface area contributed by atoms with Crippen molar-refractivity contribution in [3.05, 3.63) is 46.4 Å². The molecule has 0 aliphatic rings. The standard InChI is InChI=1S/C9H10N6O2/c10-13-9-3-1-2-7(12-9)5-14-6-8(4-11-14)15(16)17/h1-4,6H,5,10H2,(H,12,13). The fourth-order valence-electron chi connectivity index (χ4n) is 1.35. The Kier molecular flexibility index (Phi) is 2.97. The molecule has 0 fully saturated rings. The molecule has 88 valence electrons. The van der Waals surface area contributed by atoms with E-state index in [0.717, 1.165) is 0 Å². The first kappa shape index (κ1) is 11.0. The molecule has 8 heteroatoms. The van der Waals surface area contributed by atoms with Crippen LogP contribution in [0.3, 0.4) is 0 Å². The predicted octanol–water partition coefficient (Wildman–Crippen LogP) is 0.520. The van der Waals surface area contributed by atoms with Gasteiger partial charge in [0.05, 0.1) is 17.2 Å². The Morgan fingerprint density at radius 2 is 2.35 bits per heavy atom. The number of nitrogens with two attached hydrogens (primary N) is 1. The summed E-state index contributed by atoms with van der Waals surface area (Å²) in [6.45, 7) is 0.351. The van der Waals surface area contributed by atoms with Gasteiger partial charge in [0.25, 0.3) is 0 Å². The Hall–Kier alpha value is -2.48. The molecule has 0 atom stereocenters. The van der Waals surface area contributed by atoms with Crippen LogP contribution in [0.5, 0.6) is 0 Å². The molecule has 8 nitrogen and oxygen atoms in total. The van der Waals surface area contributed by atoms with Crippen LogP contribution in [0, 0.1) is 10.1 Å². The molecule has 3 N–H and O–H groups in total. The van der Waals surface area contributed by atoms with Gasteiger partial charge in [0, 0.05) is 0 Å². The van der Waals surface area contributed by atoms with Gasteiger partial charge in [-0.15, -0.1) is 0 Å². The van der Waals surface area contributed by atoms with Gasteiger partial charge in [-0.2, -0.15) is 5.10 Å². The molecule has 2 aromatic rings. The zero-order valence-electron chi connectivity index (χ0n) is 8.78. The van der Waals surface area contributed by atoms with Gasteiger partial charge in [0.15, 0.2) is 0 Å². The van der Waals surface area contributed by atoms with Gasteiger partial charge in [-0.3, -0.25) is 14.8 Å². The summed E-state index contributed by atoms with van der Waals surface area (Å²) >= 11 is 0. The smallest absolute Gasteiger partial charge is 0.307 e. The molecule has 0 aromatic carbocycles. The van der Waals surface area contributed by atoms with Gasteiger partial charge in [-0.25, -0.2) is 10.8 Å². The molecule has 0 bridgehead atoms. The SMILES string of the molecule is NNc1cccc(Cn2cc([N+](=O)[O-])cn2)n1. The number of nitrogens with zero attached hydrogens (tertiary/aromatic N) is 4. The summed E-state index contributed by atoms with van der Waals surface area (Å²) in [4.78, 5) is 14.2. The van der Waals surface area contributed by atoms with Crippen molar-refractivity contribution in [1.82, 2.24) is 14.8 Å². The summed E-state index contributed by atoms with van der Waals surface area (Å²) in [5.74, 6) is 5.76. The first-order chi connectivity index (χ1) is 8.19. The van der Waals surface area contributed by atoms with E-state index < -0.39 is 4.92 Å². The van der Waals surface area contributed by atoms with Crippen LogP contribution in [0.15, 0.2) is 30.6 Å². The monoisotopic (exact) mass is 234 g/mol. The van der Waals surface area contributed by atoms with Crippen LogP contribution >= 0.6 is 0 Å². The Bertz CT molecular complexity index is 538. The lowest BCUT2D eigenvalue weighted by Gasteiger charge is -2.03. The molecule has 0 aliphatic heterocycles. The zero-order chi connectivity index (χ0) is 12.3. The third kappa shape index (κ3) is 2.55. The van der Waals surface area contributed by atoms with E-state index in [9.17, 15) is 10.1 Å². The summed E-state index contributed by atoms with van der Waals surface area (Å²) in [7, 11) is 0. The van der Waals surface area contributed by atoms with Crippen molar-refractivity contribution in [3.63, 3.8) is 0 Å². The molecule has 17 heavy (non-hydrogen) atoms. The number of nitrogens with one attached hydrogen (secondary N) is 1. The number of anilines is 1. The number of hydrogen-bond acceptors (Lipinski definition) is 6. The van der Waals surface area contributed by atoms with Crippen molar-refractivity contribution in [2.24, 2.45) is 5.84 Å². The molecular weight excluding hydrogens is 224 g/mol. The highest BCUT2D eigenvalue weighted by molar-refractivity contribution is 5.33. The highest BCUT2D eigenvalue weighted by Gasteiger charge is 2.09. The van der Waals surface area contributed by atoms with E-state index >= 15 is 0 Å². The average Bonchev–Trinajstić information content (AvgIpc) is 2.78. The van der Waals surface area contributed by atoms with E-state index in [0.29, 0.717) is 18.1 Å². The lowest BCUT2D eigenvalue weighted by molar-refractivity contribution is -0.385. The van der Waals surface area contributed by atoms with Crippen LogP contribution in [-0.4, -0.2) is 19.7 Å². The second-order valence-corrected chi connectivity index (χ2v) is 3.31. The molecule has 0 amide bonds. The number of rotatable bonds is 4. The quantitative estimate of drug-likeness (QED) is 0.453. The summed E-state index contributed by atoms with van der Waals surface area (Å²) in [5, 5.41) is 14.3. The van der Waals surface area contributed by atoms with E-state index in [2.05, 4.69) is 15.5 Å². The van der Waals surface area contributed by atoms with Crippen molar-refractivity contribution >= 4 is 11.5 Å². The molecule has 0 unspecified atom stereocenters. The minimum atomic E-state index is -0.491. The molecule has 0 aliphatic carbocycles. The largest absolute Gasteiger partial charge is 0.308 e. The van der Waals surface area contributed by atoms with Crippen LogP contribution in [0.25, 0.3) is 0 Å². The molecular formula is C9H10N6O2. The number of nitrogen functional groups attached to an aromatic ring is 1. The van der Waals surface area contributed by atoms with Crippen LogP contribution in [0.1, 0.15) is 5.69 Å². The predicted molar refractivity (Wildman–Crippen MR) is 60.0 cm³/mol. The van der Waals surface area contributed by atoms with E-state index in [1.165, 1.54) is 17.1 Å². The lowest BCUT2D eigenvalue weighted by atomic mass is 10.3. The third-order valence-electron chi connectivity index (χ3n) is 2.11. The maximum absolute atomic E-state index is 10.5. The van der Waals surface area contributed by atoms with E-state index in [4.69, 9.17) is 5.84 Å². The number of hydrazine groups is 1. The normalized spacial score (nSPS) is 10.2. The topological polar surface area (TPSA) is 112 Å². The van der Waals surface area contributed by atoms with Crippen LogP contribution in [0.2, 0.25) is 0 Å². The second kappa shape index (κ2) is 4.58. The van der Waals surface area contributed by atoms with Gasteiger partial charge in [-0.05, 0) is 12.1 Å².